The van der Waals surface area contributed by atoms with Crippen LogP contribution < -0.4 is 10.2 Å². The van der Waals surface area contributed by atoms with E-state index in [4.69, 9.17) is 4.74 Å². The lowest BCUT2D eigenvalue weighted by molar-refractivity contribution is -0.119. The summed E-state index contributed by atoms with van der Waals surface area (Å²) in [4.78, 5) is 20.5. The van der Waals surface area contributed by atoms with Crippen LogP contribution in [0.3, 0.4) is 0 Å². The Morgan fingerprint density at radius 1 is 1.41 bits per heavy atom. The monoisotopic (exact) mass is 233 g/mol. The van der Waals surface area contributed by atoms with E-state index in [1.807, 2.05) is 7.85 Å². The van der Waals surface area contributed by atoms with E-state index in [2.05, 4.69) is 9.97 Å². The predicted molar refractivity (Wildman–Crippen MR) is 66.1 cm³/mol. The molecule has 1 amide bonds. The van der Waals surface area contributed by atoms with Gasteiger partial charge in [0.25, 0.3) is 0 Å². The molecule has 17 heavy (non-hydrogen) atoms. The summed E-state index contributed by atoms with van der Waals surface area (Å²) in [6, 6.07) is 0.438. The lowest BCUT2D eigenvalue weighted by Gasteiger charge is -2.28. The third-order valence-corrected chi connectivity index (χ3v) is 3.00. The minimum atomic E-state index is 0.438. The molecule has 6 heteroatoms. The predicted octanol–water partition coefficient (Wildman–Crippen LogP) is -1.02. The van der Waals surface area contributed by atoms with Crippen molar-refractivity contribution in [1.82, 2.24) is 14.9 Å². The molecule has 0 spiro atoms. The van der Waals surface area contributed by atoms with E-state index in [-0.39, 0.29) is 0 Å². The molecular formula is C11H16BN3O2. The van der Waals surface area contributed by atoms with Gasteiger partial charge in [-0.05, 0) is 18.8 Å². The summed E-state index contributed by atoms with van der Waals surface area (Å²) in [5.74, 6) is 0.496. The van der Waals surface area contributed by atoms with E-state index >= 15 is 0 Å². The third-order valence-electron chi connectivity index (χ3n) is 3.00. The summed E-state index contributed by atoms with van der Waals surface area (Å²) in [5.41, 5.74) is 1.02. The molecule has 0 bridgehead atoms. The van der Waals surface area contributed by atoms with Crippen molar-refractivity contribution < 1.29 is 9.53 Å². The van der Waals surface area contributed by atoms with Crippen molar-refractivity contribution in [2.45, 2.75) is 12.8 Å². The van der Waals surface area contributed by atoms with Crippen LogP contribution in [-0.4, -0.2) is 48.8 Å². The number of hydrogen-bond donors (Lipinski definition) is 0. The Morgan fingerprint density at radius 3 is 2.65 bits per heavy atom. The lowest BCUT2D eigenvalue weighted by atomic mass is 9.98. The molecule has 0 radical (unpaired) electrons. The molecular weight excluding hydrogens is 217 g/mol. The van der Waals surface area contributed by atoms with E-state index in [0.717, 1.165) is 37.8 Å². The summed E-state index contributed by atoms with van der Waals surface area (Å²) in [6.45, 7) is 2.29. The molecule has 1 aliphatic heterocycles. The molecule has 0 aromatic carbocycles. The van der Waals surface area contributed by atoms with Crippen LogP contribution in [0.1, 0.15) is 12.8 Å². The second kappa shape index (κ2) is 5.66. The van der Waals surface area contributed by atoms with Crippen molar-refractivity contribution in [2.75, 3.05) is 19.7 Å². The molecule has 1 saturated heterocycles. The molecule has 0 N–H and O–H groups in total. The van der Waals surface area contributed by atoms with Crippen LogP contribution >= 0.6 is 0 Å². The van der Waals surface area contributed by atoms with Crippen LogP contribution in [0.25, 0.3) is 0 Å². The maximum absolute atomic E-state index is 10.6. The molecule has 1 aliphatic rings. The van der Waals surface area contributed by atoms with Gasteiger partial charge in [-0.15, -0.1) is 0 Å². The largest absolute Gasteiger partial charge is 0.463 e. The van der Waals surface area contributed by atoms with Crippen molar-refractivity contribution in [3.8, 4) is 6.01 Å². The molecule has 1 fully saturated rings. The van der Waals surface area contributed by atoms with Gasteiger partial charge in [0.15, 0.2) is 0 Å². The summed E-state index contributed by atoms with van der Waals surface area (Å²) in [6.07, 6.45) is 6.39. The average Bonchev–Trinajstić information content (AvgIpc) is 2.39. The molecule has 1 aromatic rings. The number of nitrogens with zero attached hydrogens (tertiary/aromatic N) is 3. The molecule has 1 aromatic heterocycles. The third kappa shape index (κ3) is 3.44. The summed E-state index contributed by atoms with van der Waals surface area (Å²) in [7, 11) is 1.94. The van der Waals surface area contributed by atoms with Gasteiger partial charge in [0.05, 0.1) is 6.61 Å². The number of carbonyl (C=O) groups is 1. The number of piperidine rings is 1. The van der Waals surface area contributed by atoms with Gasteiger partial charge in [-0.25, -0.2) is 9.97 Å². The van der Waals surface area contributed by atoms with E-state index in [1.54, 1.807) is 17.3 Å². The number of likely N-dealkylation sites (tertiary alicyclic amines) is 1. The fourth-order valence-corrected chi connectivity index (χ4v) is 1.87. The first kappa shape index (κ1) is 11.9. The number of ether oxygens (including phenoxy) is 1. The molecule has 0 unspecified atom stereocenters. The number of hydrogen-bond acceptors (Lipinski definition) is 4. The zero-order valence-corrected chi connectivity index (χ0v) is 10.0. The molecule has 2 heterocycles. The van der Waals surface area contributed by atoms with Crippen LogP contribution in [-0.2, 0) is 4.79 Å². The smallest absolute Gasteiger partial charge is 0.316 e. The summed E-state index contributed by atoms with van der Waals surface area (Å²) < 4.78 is 5.54. The van der Waals surface area contributed by atoms with Gasteiger partial charge in [0.1, 0.15) is 7.85 Å². The van der Waals surface area contributed by atoms with Gasteiger partial charge in [-0.3, -0.25) is 4.79 Å². The highest BCUT2D eigenvalue weighted by atomic mass is 16.5. The second-order valence-electron chi connectivity index (χ2n) is 4.44. The Balaban J connectivity index is 1.75. The standard InChI is InChI=1S/C11H16BN3O2/c12-10-5-13-11(14-6-10)17-7-9-1-3-15(8-16)4-2-9/h5-6,8-9H,1-4,7,12H2. The zero-order valence-electron chi connectivity index (χ0n) is 10.0. The van der Waals surface area contributed by atoms with Crippen LogP contribution in [0.5, 0.6) is 6.01 Å². The van der Waals surface area contributed by atoms with Crippen molar-refractivity contribution in [3.05, 3.63) is 12.4 Å². The lowest BCUT2D eigenvalue weighted by Crippen LogP contribution is -2.34. The minimum absolute atomic E-state index is 0.438. The van der Waals surface area contributed by atoms with Gasteiger partial charge >= 0.3 is 6.01 Å². The van der Waals surface area contributed by atoms with Crippen LogP contribution in [0.4, 0.5) is 0 Å². The number of carbonyl (C=O) groups excluding carboxylic acids is 1. The van der Waals surface area contributed by atoms with Crippen LogP contribution in [0.2, 0.25) is 0 Å². The fourth-order valence-electron chi connectivity index (χ4n) is 1.87. The highest BCUT2D eigenvalue weighted by Crippen LogP contribution is 2.16. The van der Waals surface area contributed by atoms with Crippen molar-refractivity contribution in [3.63, 3.8) is 0 Å². The van der Waals surface area contributed by atoms with Gasteiger partial charge in [-0.2, -0.15) is 0 Å². The summed E-state index contributed by atoms with van der Waals surface area (Å²) >= 11 is 0. The minimum Gasteiger partial charge on any atom is -0.463 e. The zero-order chi connectivity index (χ0) is 12.1. The van der Waals surface area contributed by atoms with E-state index in [0.29, 0.717) is 18.5 Å². The SMILES string of the molecule is Bc1cnc(OCC2CCN(C=O)CC2)nc1. The number of amides is 1. The first-order valence-corrected chi connectivity index (χ1v) is 5.88. The molecule has 0 atom stereocenters. The first-order chi connectivity index (χ1) is 8.28. The van der Waals surface area contributed by atoms with Crippen LogP contribution in [0, 0.1) is 5.92 Å². The maximum atomic E-state index is 10.6. The van der Waals surface area contributed by atoms with Gasteiger partial charge in [0, 0.05) is 25.5 Å². The second-order valence-corrected chi connectivity index (χ2v) is 4.44. The molecule has 0 saturated carbocycles. The molecule has 5 nitrogen and oxygen atoms in total. The number of aromatic nitrogens is 2. The molecule has 90 valence electrons. The van der Waals surface area contributed by atoms with Crippen molar-refractivity contribution in [2.24, 2.45) is 5.92 Å². The van der Waals surface area contributed by atoms with Gasteiger partial charge in [0.2, 0.25) is 6.41 Å². The van der Waals surface area contributed by atoms with Gasteiger partial charge in [-0.1, -0.05) is 5.46 Å². The maximum Gasteiger partial charge on any atom is 0.316 e. The Hall–Kier alpha value is -1.59. The molecule has 2 rings (SSSR count). The van der Waals surface area contributed by atoms with E-state index in [9.17, 15) is 4.79 Å². The van der Waals surface area contributed by atoms with E-state index in [1.165, 1.54) is 0 Å². The quantitative estimate of drug-likeness (QED) is 0.493. The van der Waals surface area contributed by atoms with Gasteiger partial charge < -0.3 is 9.64 Å². The normalized spacial score (nSPS) is 16.8. The Labute approximate surface area is 102 Å². The van der Waals surface area contributed by atoms with Crippen molar-refractivity contribution >= 4 is 19.7 Å². The Morgan fingerprint density at radius 2 is 2.06 bits per heavy atom. The Kier molecular flexibility index (Phi) is 3.96. The number of rotatable bonds is 4. The first-order valence-electron chi connectivity index (χ1n) is 5.88. The summed E-state index contributed by atoms with van der Waals surface area (Å²) in [5, 5.41) is 0. The highest BCUT2D eigenvalue weighted by molar-refractivity contribution is 6.31. The highest BCUT2D eigenvalue weighted by Gasteiger charge is 2.18. The van der Waals surface area contributed by atoms with Crippen molar-refractivity contribution in [1.29, 1.82) is 0 Å². The van der Waals surface area contributed by atoms with E-state index < -0.39 is 0 Å². The molecule has 0 aliphatic carbocycles. The fraction of sp³-hybridized carbons (Fsp3) is 0.545. The average molecular weight is 233 g/mol. The topological polar surface area (TPSA) is 55.3 Å². The Bertz CT molecular complexity index is 363. The van der Waals surface area contributed by atoms with Crippen LogP contribution in [0.15, 0.2) is 12.4 Å².